The fourth-order valence-corrected chi connectivity index (χ4v) is 3.07. The Hall–Kier alpha value is -1.88. The highest BCUT2D eigenvalue weighted by molar-refractivity contribution is 6.30. The van der Waals surface area contributed by atoms with Crippen LogP contribution >= 0.6 is 11.6 Å². The SMILES string of the molecule is Cc1nc(C2(NC(=O)c3ccc(Cl)cc3)CCCCC2)no1. The van der Waals surface area contributed by atoms with Crippen LogP contribution in [0.5, 0.6) is 0 Å². The van der Waals surface area contributed by atoms with Gasteiger partial charge in [-0.2, -0.15) is 4.98 Å². The van der Waals surface area contributed by atoms with E-state index >= 15 is 0 Å². The summed E-state index contributed by atoms with van der Waals surface area (Å²) in [6, 6.07) is 6.86. The van der Waals surface area contributed by atoms with Crippen molar-refractivity contribution < 1.29 is 9.32 Å². The highest BCUT2D eigenvalue weighted by Gasteiger charge is 2.39. The summed E-state index contributed by atoms with van der Waals surface area (Å²) in [7, 11) is 0. The monoisotopic (exact) mass is 319 g/mol. The van der Waals surface area contributed by atoms with Crippen molar-refractivity contribution in [2.45, 2.75) is 44.6 Å². The van der Waals surface area contributed by atoms with Gasteiger partial charge in [-0.3, -0.25) is 4.79 Å². The summed E-state index contributed by atoms with van der Waals surface area (Å²) in [6.07, 6.45) is 4.88. The molecule has 1 fully saturated rings. The molecule has 0 atom stereocenters. The molecule has 6 heteroatoms. The maximum Gasteiger partial charge on any atom is 0.252 e. The standard InChI is InChI=1S/C16H18ClN3O2/c1-11-18-15(20-22-11)16(9-3-2-4-10-16)19-14(21)12-5-7-13(17)8-6-12/h5-8H,2-4,9-10H2,1H3,(H,19,21). The lowest BCUT2D eigenvalue weighted by molar-refractivity contribution is 0.0855. The van der Waals surface area contributed by atoms with E-state index in [1.54, 1.807) is 31.2 Å². The Bertz CT molecular complexity index is 660. The topological polar surface area (TPSA) is 68.0 Å². The van der Waals surface area contributed by atoms with Gasteiger partial charge in [-0.15, -0.1) is 0 Å². The number of halogens is 1. The number of rotatable bonds is 3. The first kappa shape index (κ1) is 15.0. The number of nitrogens with one attached hydrogen (secondary N) is 1. The molecular weight excluding hydrogens is 302 g/mol. The van der Waals surface area contributed by atoms with E-state index in [9.17, 15) is 4.79 Å². The molecule has 1 N–H and O–H groups in total. The molecule has 1 aliphatic carbocycles. The van der Waals surface area contributed by atoms with E-state index < -0.39 is 5.54 Å². The summed E-state index contributed by atoms with van der Waals surface area (Å²) < 4.78 is 5.12. The molecule has 5 nitrogen and oxygen atoms in total. The van der Waals surface area contributed by atoms with Crippen molar-refractivity contribution in [1.29, 1.82) is 0 Å². The van der Waals surface area contributed by atoms with E-state index in [0.29, 0.717) is 22.3 Å². The van der Waals surface area contributed by atoms with Gasteiger partial charge in [0.05, 0.1) is 0 Å². The number of benzene rings is 1. The summed E-state index contributed by atoms with van der Waals surface area (Å²) in [5, 5.41) is 7.79. The van der Waals surface area contributed by atoms with Gasteiger partial charge in [-0.1, -0.05) is 36.0 Å². The Morgan fingerprint density at radius 3 is 2.50 bits per heavy atom. The fourth-order valence-electron chi connectivity index (χ4n) is 2.94. The van der Waals surface area contributed by atoms with Gasteiger partial charge in [0, 0.05) is 17.5 Å². The lowest BCUT2D eigenvalue weighted by Crippen LogP contribution is -2.48. The molecule has 2 aromatic rings. The quantitative estimate of drug-likeness (QED) is 0.938. The first-order chi connectivity index (χ1) is 10.6. The number of amides is 1. The first-order valence-electron chi connectivity index (χ1n) is 7.48. The minimum atomic E-state index is -0.535. The molecule has 3 rings (SSSR count). The molecular formula is C16H18ClN3O2. The van der Waals surface area contributed by atoms with E-state index in [2.05, 4.69) is 15.5 Å². The third kappa shape index (κ3) is 2.99. The maximum absolute atomic E-state index is 12.6. The number of aromatic nitrogens is 2. The minimum absolute atomic E-state index is 0.138. The number of hydrogen-bond acceptors (Lipinski definition) is 4. The number of aryl methyl sites for hydroxylation is 1. The average Bonchev–Trinajstić information content (AvgIpc) is 2.96. The molecule has 1 heterocycles. The molecule has 0 radical (unpaired) electrons. The summed E-state index contributed by atoms with van der Waals surface area (Å²) in [6.45, 7) is 1.76. The number of hydrogen-bond donors (Lipinski definition) is 1. The molecule has 116 valence electrons. The van der Waals surface area contributed by atoms with Crippen molar-refractivity contribution in [1.82, 2.24) is 15.5 Å². The van der Waals surface area contributed by atoms with Gasteiger partial charge in [-0.05, 0) is 37.1 Å². The van der Waals surface area contributed by atoms with Crippen molar-refractivity contribution in [3.8, 4) is 0 Å². The molecule has 1 aromatic heterocycles. The lowest BCUT2D eigenvalue weighted by atomic mass is 9.80. The van der Waals surface area contributed by atoms with Crippen molar-refractivity contribution in [3.63, 3.8) is 0 Å². The van der Waals surface area contributed by atoms with Gasteiger partial charge in [0.25, 0.3) is 5.91 Å². The van der Waals surface area contributed by atoms with Crippen LogP contribution in [0, 0.1) is 6.92 Å². The third-order valence-corrected chi connectivity index (χ3v) is 4.37. The molecule has 0 aliphatic heterocycles. The van der Waals surface area contributed by atoms with Crippen molar-refractivity contribution in [2.75, 3.05) is 0 Å². The van der Waals surface area contributed by atoms with E-state index in [-0.39, 0.29) is 5.91 Å². The zero-order valence-electron chi connectivity index (χ0n) is 12.4. The van der Waals surface area contributed by atoms with Gasteiger partial charge >= 0.3 is 0 Å². The van der Waals surface area contributed by atoms with E-state index in [1.165, 1.54) is 0 Å². The molecule has 0 unspecified atom stereocenters. The molecule has 0 saturated heterocycles. The van der Waals surface area contributed by atoms with Gasteiger partial charge < -0.3 is 9.84 Å². The summed E-state index contributed by atoms with van der Waals surface area (Å²) in [5.41, 5.74) is 0.0433. The van der Waals surface area contributed by atoms with Crippen LogP contribution in [0.2, 0.25) is 5.02 Å². The summed E-state index contributed by atoms with van der Waals surface area (Å²) in [5.74, 6) is 0.953. The number of carbonyl (C=O) groups excluding carboxylic acids is 1. The second-order valence-electron chi connectivity index (χ2n) is 5.74. The fraction of sp³-hybridized carbons (Fsp3) is 0.438. The van der Waals surface area contributed by atoms with Crippen LogP contribution in [-0.2, 0) is 5.54 Å². The predicted molar refractivity (Wildman–Crippen MR) is 82.7 cm³/mol. The van der Waals surface area contributed by atoms with Crippen LogP contribution in [0.15, 0.2) is 28.8 Å². The normalized spacial score (nSPS) is 17.2. The van der Waals surface area contributed by atoms with Crippen molar-refractivity contribution >= 4 is 17.5 Å². The van der Waals surface area contributed by atoms with Crippen molar-refractivity contribution in [3.05, 3.63) is 46.6 Å². The Balaban J connectivity index is 1.87. The van der Waals surface area contributed by atoms with Crippen molar-refractivity contribution in [2.24, 2.45) is 0 Å². The Morgan fingerprint density at radius 1 is 1.23 bits per heavy atom. The molecule has 1 amide bonds. The highest BCUT2D eigenvalue weighted by atomic mass is 35.5. The molecule has 0 bridgehead atoms. The van der Waals surface area contributed by atoms with Gasteiger partial charge in [0.1, 0.15) is 5.54 Å². The van der Waals surface area contributed by atoms with Gasteiger partial charge in [-0.25, -0.2) is 0 Å². The smallest absolute Gasteiger partial charge is 0.252 e. The molecule has 1 saturated carbocycles. The zero-order valence-corrected chi connectivity index (χ0v) is 13.2. The number of nitrogens with zero attached hydrogens (tertiary/aromatic N) is 2. The second-order valence-corrected chi connectivity index (χ2v) is 6.18. The zero-order chi connectivity index (χ0) is 15.6. The molecule has 1 aromatic carbocycles. The molecule has 1 aliphatic rings. The minimum Gasteiger partial charge on any atom is -0.340 e. The van der Waals surface area contributed by atoms with Gasteiger partial charge in [0.15, 0.2) is 5.82 Å². The van der Waals surface area contributed by atoms with E-state index in [0.717, 1.165) is 32.1 Å². The highest BCUT2D eigenvalue weighted by Crippen LogP contribution is 2.36. The van der Waals surface area contributed by atoms with Crippen LogP contribution in [0.1, 0.15) is 54.2 Å². The lowest BCUT2D eigenvalue weighted by Gasteiger charge is -2.35. The predicted octanol–water partition coefficient (Wildman–Crippen LogP) is 3.62. The van der Waals surface area contributed by atoms with Crippen LogP contribution in [-0.4, -0.2) is 16.0 Å². The Morgan fingerprint density at radius 2 is 1.91 bits per heavy atom. The molecule has 22 heavy (non-hydrogen) atoms. The van der Waals surface area contributed by atoms with E-state index in [4.69, 9.17) is 16.1 Å². The van der Waals surface area contributed by atoms with Crippen LogP contribution < -0.4 is 5.32 Å². The summed E-state index contributed by atoms with van der Waals surface area (Å²) in [4.78, 5) is 16.9. The Labute approximate surface area is 134 Å². The molecule has 0 spiro atoms. The van der Waals surface area contributed by atoms with E-state index in [1.807, 2.05) is 0 Å². The second kappa shape index (κ2) is 6.08. The van der Waals surface area contributed by atoms with Crippen LogP contribution in [0.25, 0.3) is 0 Å². The maximum atomic E-state index is 12.6. The van der Waals surface area contributed by atoms with Gasteiger partial charge in [0.2, 0.25) is 5.89 Å². The van der Waals surface area contributed by atoms with Crippen LogP contribution in [0.3, 0.4) is 0 Å². The third-order valence-electron chi connectivity index (χ3n) is 4.12. The summed E-state index contributed by atoms with van der Waals surface area (Å²) >= 11 is 5.87. The first-order valence-corrected chi connectivity index (χ1v) is 7.86. The average molecular weight is 320 g/mol. The Kier molecular flexibility index (Phi) is 4.16. The largest absolute Gasteiger partial charge is 0.340 e. The van der Waals surface area contributed by atoms with Crippen LogP contribution in [0.4, 0.5) is 0 Å². The number of carbonyl (C=O) groups is 1.